The van der Waals surface area contributed by atoms with Gasteiger partial charge in [-0.1, -0.05) is 0 Å². The number of oxazole rings is 1. The van der Waals surface area contributed by atoms with Crippen molar-refractivity contribution in [1.29, 1.82) is 0 Å². The zero-order valence-electron chi connectivity index (χ0n) is 10.9. The van der Waals surface area contributed by atoms with E-state index in [0.717, 1.165) is 19.4 Å². The molecule has 1 aliphatic heterocycles. The number of fused-ring (bicyclic) bond motifs is 1. The monoisotopic (exact) mass is 280 g/mol. The predicted octanol–water partition coefficient (Wildman–Crippen LogP) is 1.83. The first-order chi connectivity index (χ1) is 8.88. The lowest BCUT2D eigenvalue weighted by Gasteiger charge is -2.19. The summed E-state index contributed by atoms with van der Waals surface area (Å²) in [6, 6.07) is 4.79. The highest BCUT2D eigenvalue weighted by Gasteiger charge is 2.35. The lowest BCUT2D eigenvalue weighted by atomic mass is 10.0. The van der Waals surface area contributed by atoms with Crippen molar-refractivity contribution >= 4 is 20.9 Å². The summed E-state index contributed by atoms with van der Waals surface area (Å²) in [5.74, 6) is 0.630. The molecule has 3 rings (SSSR count). The van der Waals surface area contributed by atoms with E-state index in [9.17, 15) is 8.42 Å². The fourth-order valence-corrected chi connectivity index (χ4v) is 3.09. The second-order valence-electron chi connectivity index (χ2n) is 5.28. The zero-order valence-corrected chi connectivity index (χ0v) is 11.8. The Morgan fingerprint density at radius 1 is 1.42 bits per heavy atom. The number of aromatic nitrogens is 1. The van der Waals surface area contributed by atoms with Crippen molar-refractivity contribution in [3.05, 3.63) is 24.1 Å². The van der Waals surface area contributed by atoms with Gasteiger partial charge < -0.3 is 9.73 Å². The quantitative estimate of drug-likeness (QED) is 0.908. The van der Waals surface area contributed by atoms with Gasteiger partial charge >= 0.3 is 0 Å². The Bertz CT molecular complexity index is 727. The number of hydrogen-bond donors (Lipinski definition) is 1. The highest BCUT2D eigenvalue weighted by atomic mass is 32.2. The third-order valence-electron chi connectivity index (χ3n) is 3.63. The van der Waals surface area contributed by atoms with Gasteiger partial charge in [0.15, 0.2) is 15.4 Å². The molecule has 2 heterocycles. The molecule has 2 aromatic rings. The molecule has 1 fully saturated rings. The fourth-order valence-electron chi connectivity index (χ4n) is 2.45. The Balaban J connectivity index is 2.11. The van der Waals surface area contributed by atoms with Crippen LogP contribution in [0.15, 0.2) is 27.5 Å². The Morgan fingerprint density at radius 3 is 2.84 bits per heavy atom. The molecule has 1 aromatic heterocycles. The molecule has 1 saturated heterocycles. The van der Waals surface area contributed by atoms with Gasteiger partial charge in [0.25, 0.3) is 0 Å². The van der Waals surface area contributed by atoms with Crippen LogP contribution >= 0.6 is 0 Å². The smallest absolute Gasteiger partial charge is 0.215 e. The SMILES string of the molecule is CC1(c2nc3cc(S(C)(=O)=O)ccc3o2)CCCN1. The van der Waals surface area contributed by atoms with Gasteiger partial charge in [-0.3, -0.25) is 0 Å². The molecule has 1 aromatic carbocycles. The van der Waals surface area contributed by atoms with E-state index in [-0.39, 0.29) is 10.4 Å². The van der Waals surface area contributed by atoms with Crippen LogP contribution in [0.2, 0.25) is 0 Å². The third kappa shape index (κ3) is 2.15. The Kier molecular flexibility index (Phi) is 2.69. The van der Waals surface area contributed by atoms with Crippen LogP contribution in [0.5, 0.6) is 0 Å². The predicted molar refractivity (Wildman–Crippen MR) is 71.7 cm³/mol. The van der Waals surface area contributed by atoms with Gasteiger partial charge in [-0.25, -0.2) is 13.4 Å². The van der Waals surface area contributed by atoms with Crippen LogP contribution in [0.25, 0.3) is 11.1 Å². The first-order valence-corrected chi connectivity index (χ1v) is 8.14. The molecule has 1 atom stereocenters. The van der Waals surface area contributed by atoms with Crippen molar-refractivity contribution in [3.8, 4) is 0 Å². The molecular weight excluding hydrogens is 264 g/mol. The molecule has 0 bridgehead atoms. The van der Waals surface area contributed by atoms with Gasteiger partial charge in [-0.15, -0.1) is 0 Å². The molecule has 1 unspecified atom stereocenters. The summed E-state index contributed by atoms with van der Waals surface area (Å²) in [5, 5.41) is 3.38. The maximum absolute atomic E-state index is 11.5. The lowest BCUT2D eigenvalue weighted by molar-refractivity contribution is 0.330. The molecule has 1 aliphatic rings. The van der Waals surface area contributed by atoms with Gasteiger partial charge in [-0.05, 0) is 44.5 Å². The maximum Gasteiger partial charge on any atom is 0.215 e. The highest BCUT2D eigenvalue weighted by Crippen LogP contribution is 2.32. The van der Waals surface area contributed by atoms with Crippen molar-refractivity contribution in [3.63, 3.8) is 0 Å². The van der Waals surface area contributed by atoms with E-state index in [1.54, 1.807) is 18.2 Å². The average Bonchev–Trinajstić information content (AvgIpc) is 2.93. The standard InChI is InChI=1S/C13H16N2O3S/c1-13(6-3-7-14-13)12-15-10-8-9(19(2,16)17)4-5-11(10)18-12/h4-5,8,14H,3,6-7H2,1-2H3. The number of nitrogens with one attached hydrogen (secondary N) is 1. The van der Waals surface area contributed by atoms with Crippen molar-refractivity contribution in [2.45, 2.75) is 30.2 Å². The van der Waals surface area contributed by atoms with Gasteiger partial charge in [0, 0.05) is 6.26 Å². The van der Waals surface area contributed by atoms with Crippen LogP contribution in [0.3, 0.4) is 0 Å². The topological polar surface area (TPSA) is 72.2 Å². The number of rotatable bonds is 2. The Labute approximate surface area is 111 Å². The number of sulfone groups is 1. The normalized spacial score (nSPS) is 24.1. The van der Waals surface area contributed by atoms with Crippen molar-refractivity contribution < 1.29 is 12.8 Å². The molecule has 0 amide bonds. The van der Waals surface area contributed by atoms with E-state index >= 15 is 0 Å². The molecule has 0 saturated carbocycles. The van der Waals surface area contributed by atoms with E-state index in [0.29, 0.717) is 17.0 Å². The average molecular weight is 280 g/mol. The number of benzene rings is 1. The van der Waals surface area contributed by atoms with Crippen LogP contribution in [-0.4, -0.2) is 26.2 Å². The van der Waals surface area contributed by atoms with Crippen LogP contribution < -0.4 is 5.32 Å². The lowest BCUT2D eigenvalue weighted by Crippen LogP contribution is -2.33. The second-order valence-corrected chi connectivity index (χ2v) is 7.30. The van der Waals surface area contributed by atoms with Crippen molar-refractivity contribution in [1.82, 2.24) is 10.3 Å². The second kappa shape index (κ2) is 4.05. The Morgan fingerprint density at radius 2 is 2.21 bits per heavy atom. The molecule has 102 valence electrons. The van der Waals surface area contributed by atoms with E-state index < -0.39 is 9.84 Å². The van der Waals surface area contributed by atoms with E-state index in [1.807, 2.05) is 0 Å². The number of nitrogens with zero attached hydrogens (tertiary/aromatic N) is 1. The minimum Gasteiger partial charge on any atom is -0.439 e. The summed E-state index contributed by atoms with van der Waals surface area (Å²) in [4.78, 5) is 4.71. The summed E-state index contributed by atoms with van der Waals surface area (Å²) in [5.41, 5.74) is 0.967. The molecule has 0 aliphatic carbocycles. The summed E-state index contributed by atoms with van der Waals surface area (Å²) in [6.45, 7) is 3.01. The molecular formula is C13H16N2O3S. The van der Waals surface area contributed by atoms with Gasteiger partial charge in [0.05, 0.1) is 10.4 Å². The van der Waals surface area contributed by atoms with Crippen LogP contribution in [0, 0.1) is 0 Å². The molecule has 5 nitrogen and oxygen atoms in total. The van der Waals surface area contributed by atoms with Crippen LogP contribution in [-0.2, 0) is 15.4 Å². The molecule has 19 heavy (non-hydrogen) atoms. The van der Waals surface area contributed by atoms with E-state index in [1.165, 1.54) is 6.26 Å². The zero-order chi connectivity index (χ0) is 13.7. The largest absolute Gasteiger partial charge is 0.439 e. The first kappa shape index (κ1) is 12.6. The highest BCUT2D eigenvalue weighted by molar-refractivity contribution is 7.90. The minimum absolute atomic E-state index is 0.246. The van der Waals surface area contributed by atoms with Crippen LogP contribution in [0.1, 0.15) is 25.7 Å². The summed E-state index contributed by atoms with van der Waals surface area (Å²) in [7, 11) is -3.22. The number of hydrogen-bond acceptors (Lipinski definition) is 5. The minimum atomic E-state index is -3.22. The summed E-state index contributed by atoms with van der Waals surface area (Å²) < 4.78 is 28.8. The van der Waals surface area contributed by atoms with Gasteiger partial charge in [0.1, 0.15) is 5.52 Å². The fraction of sp³-hybridized carbons (Fsp3) is 0.462. The summed E-state index contributed by atoms with van der Waals surface area (Å²) >= 11 is 0. The van der Waals surface area contributed by atoms with Crippen LogP contribution in [0.4, 0.5) is 0 Å². The maximum atomic E-state index is 11.5. The molecule has 0 spiro atoms. The van der Waals surface area contributed by atoms with Gasteiger partial charge in [0.2, 0.25) is 5.89 Å². The van der Waals surface area contributed by atoms with E-state index in [2.05, 4.69) is 17.2 Å². The summed E-state index contributed by atoms with van der Waals surface area (Å²) in [6.07, 6.45) is 3.25. The molecule has 0 radical (unpaired) electrons. The van der Waals surface area contributed by atoms with Crippen molar-refractivity contribution in [2.24, 2.45) is 0 Å². The van der Waals surface area contributed by atoms with Gasteiger partial charge in [-0.2, -0.15) is 0 Å². The third-order valence-corrected chi connectivity index (χ3v) is 4.74. The Hall–Kier alpha value is -1.40. The molecule has 6 heteroatoms. The first-order valence-electron chi connectivity index (χ1n) is 6.25. The van der Waals surface area contributed by atoms with E-state index in [4.69, 9.17) is 4.42 Å². The molecule has 1 N–H and O–H groups in total. The van der Waals surface area contributed by atoms with Crippen molar-refractivity contribution in [2.75, 3.05) is 12.8 Å².